The summed E-state index contributed by atoms with van der Waals surface area (Å²) in [4.78, 5) is 20.8. The molecular formula is C21H21N5O. The molecule has 0 radical (unpaired) electrons. The Bertz CT molecular complexity index is 1140. The van der Waals surface area contributed by atoms with E-state index in [0.29, 0.717) is 12.0 Å². The van der Waals surface area contributed by atoms with Crippen LogP contribution in [0.1, 0.15) is 12.8 Å². The van der Waals surface area contributed by atoms with E-state index >= 15 is 0 Å². The van der Waals surface area contributed by atoms with Crippen molar-refractivity contribution in [2.45, 2.75) is 18.9 Å². The smallest absolute Gasteiger partial charge is 0.260 e. The molecule has 0 spiro atoms. The molecule has 1 atom stereocenters. The molecule has 1 aliphatic heterocycles. The minimum atomic E-state index is -0.102. The van der Waals surface area contributed by atoms with E-state index in [2.05, 4.69) is 20.6 Å². The Labute approximate surface area is 156 Å². The van der Waals surface area contributed by atoms with Crippen LogP contribution in [0.25, 0.3) is 27.9 Å². The molecule has 0 bridgehead atoms. The monoisotopic (exact) mass is 359 g/mol. The number of nitrogens with one attached hydrogen (secondary N) is 3. The van der Waals surface area contributed by atoms with E-state index in [0.717, 1.165) is 40.7 Å². The normalized spacial score (nSPS) is 17.0. The average Bonchev–Trinajstić information content (AvgIpc) is 3.35. The predicted molar refractivity (Wildman–Crippen MR) is 109 cm³/mol. The summed E-state index contributed by atoms with van der Waals surface area (Å²) in [5.74, 6) is 0.543. The Morgan fingerprint density at radius 1 is 1.15 bits per heavy atom. The molecule has 1 aliphatic rings. The summed E-state index contributed by atoms with van der Waals surface area (Å²) >= 11 is 0. The minimum absolute atomic E-state index is 0.102. The second-order valence-corrected chi connectivity index (χ2v) is 7.00. The molecule has 4 aromatic rings. The number of aromatic amines is 1. The quantitative estimate of drug-likeness (QED) is 0.524. The zero-order valence-corrected chi connectivity index (χ0v) is 14.9. The molecule has 3 heterocycles. The lowest BCUT2D eigenvalue weighted by molar-refractivity contribution is 0.634. The van der Waals surface area contributed by atoms with E-state index in [9.17, 15) is 4.79 Å². The highest BCUT2D eigenvalue weighted by atomic mass is 16.1. The van der Waals surface area contributed by atoms with Gasteiger partial charge in [-0.3, -0.25) is 4.79 Å². The molecule has 1 fully saturated rings. The second-order valence-electron chi connectivity index (χ2n) is 7.00. The fraction of sp³-hybridized carbons (Fsp3) is 0.238. The van der Waals surface area contributed by atoms with E-state index < -0.39 is 0 Å². The molecule has 2 aromatic carbocycles. The molecule has 27 heavy (non-hydrogen) atoms. The van der Waals surface area contributed by atoms with Crippen LogP contribution in [0.2, 0.25) is 0 Å². The summed E-state index contributed by atoms with van der Waals surface area (Å²) in [6, 6.07) is 17.9. The van der Waals surface area contributed by atoms with Crippen molar-refractivity contribution < 1.29 is 0 Å². The fourth-order valence-electron chi connectivity index (χ4n) is 3.85. The van der Waals surface area contributed by atoms with Crippen molar-refractivity contribution in [1.29, 1.82) is 0 Å². The number of rotatable bonds is 4. The van der Waals surface area contributed by atoms with Gasteiger partial charge in [0.25, 0.3) is 5.56 Å². The predicted octanol–water partition coefficient (Wildman–Crippen LogP) is 3.03. The van der Waals surface area contributed by atoms with Gasteiger partial charge in [0.1, 0.15) is 0 Å². The lowest BCUT2D eigenvalue weighted by Gasteiger charge is -2.16. The molecular weight excluding hydrogens is 338 g/mol. The molecule has 6 nitrogen and oxygen atoms in total. The number of aromatic nitrogens is 3. The summed E-state index contributed by atoms with van der Waals surface area (Å²) in [5.41, 5.74) is 3.37. The first-order valence-corrected chi connectivity index (χ1v) is 9.37. The summed E-state index contributed by atoms with van der Waals surface area (Å²) in [6.07, 6.45) is 2.38. The maximum atomic E-state index is 13.0. The lowest BCUT2D eigenvalue weighted by Crippen LogP contribution is -2.30. The molecule has 5 rings (SSSR count). The summed E-state index contributed by atoms with van der Waals surface area (Å²) in [6.45, 7) is 1.89. The first kappa shape index (κ1) is 16.1. The van der Waals surface area contributed by atoms with Crippen LogP contribution in [0.3, 0.4) is 0 Å². The molecule has 136 valence electrons. The van der Waals surface area contributed by atoms with Crippen molar-refractivity contribution in [2.75, 3.05) is 18.4 Å². The van der Waals surface area contributed by atoms with Gasteiger partial charge in [-0.2, -0.15) is 0 Å². The minimum Gasteiger partial charge on any atom is -0.383 e. The third-order valence-corrected chi connectivity index (χ3v) is 5.21. The number of imidazole rings is 1. The van der Waals surface area contributed by atoms with Gasteiger partial charge in [-0.25, -0.2) is 9.55 Å². The topological polar surface area (TPSA) is 74.7 Å². The molecule has 0 aliphatic carbocycles. The van der Waals surface area contributed by atoms with Crippen LogP contribution >= 0.6 is 0 Å². The number of fused-ring (bicyclic) bond motifs is 2. The van der Waals surface area contributed by atoms with Gasteiger partial charge >= 0.3 is 0 Å². The van der Waals surface area contributed by atoms with Gasteiger partial charge in [0.2, 0.25) is 5.95 Å². The van der Waals surface area contributed by atoms with Crippen LogP contribution in [0, 0.1) is 0 Å². The summed E-state index contributed by atoms with van der Waals surface area (Å²) in [5, 5.41) is 7.96. The lowest BCUT2D eigenvalue weighted by atomic mass is 10.1. The maximum Gasteiger partial charge on any atom is 0.260 e. The molecule has 3 N–H and O–H groups in total. The maximum absolute atomic E-state index is 13.0. The van der Waals surface area contributed by atoms with Gasteiger partial charge in [-0.15, -0.1) is 0 Å². The number of benzene rings is 2. The van der Waals surface area contributed by atoms with Crippen LogP contribution < -0.4 is 16.2 Å². The van der Waals surface area contributed by atoms with Gasteiger partial charge in [-0.05, 0) is 37.6 Å². The first-order chi connectivity index (χ1) is 13.3. The van der Waals surface area contributed by atoms with E-state index in [1.807, 2.05) is 48.5 Å². The number of nitrogens with zero attached hydrogens (tertiary/aromatic N) is 2. The Morgan fingerprint density at radius 3 is 2.85 bits per heavy atom. The third kappa shape index (κ3) is 2.88. The molecule has 0 amide bonds. The van der Waals surface area contributed by atoms with Crippen LogP contribution in [-0.2, 0) is 0 Å². The van der Waals surface area contributed by atoms with Crippen LogP contribution in [0.15, 0.2) is 59.4 Å². The number of para-hydroxylation sites is 3. The molecule has 2 aromatic heterocycles. The van der Waals surface area contributed by atoms with E-state index in [4.69, 9.17) is 0 Å². The average molecular weight is 359 g/mol. The number of hydrogen-bond donors (Lipinski definition) is 3. The van der Waals surface area contributed by atoms with Gasteiger partial charge < -0.3 is 15.6 Å². The fourth-order valence-corrected chi connectivity index (χ4v) is 3.85. The van der Waals surface area contributed by atoms with E-state index in [1.165, 1.54) is 12.8 Å². The van der Waals surface area contributed by atoms with Crippen molar-refractivity contribution in [3.8, 4) is 5.95 Å². The Balaban J connectivity index is 1.62. The number of hydrogen-bond acceptors (Lipinski definition) is 4. The highest BCUT2D eigenvalue weighted by molar-refractivity contribution is 5.92. The van der Waals surface area contributed by atoms with E-state index in [1.54, 1.807) is 10.6 Å². The van der Waals surface area contributed by atoms with Crippen LogP contribution in [0.5, 0.6) is 0 Å². The van der Waals surface area contributed by atoms with Gasteiger partial charge in [0.05, 0.1) is 16.6 Å². The number of anilines is 1. The highest BCUT2D eigenvalue weighted by Gasteiger charge is 2.16. The van der Waals surface area contributed by atoms with Crippen molar-refractivity contribution in [3.63, 3.8) is 0 Å². The highest BCUT2D eigenvalue weighted by Crippen LogP contribution is 2.24. The zero-order chi connectivity index (χ0) is 18.2. The van der Waals surface area contributed by atoms with Crippen molar-refractivity contribution in [2.24, 2.45) is 0 Å². The van der Waals surface area contributed by atoms with Crippen LogP contribution in [0.4, 0.5) is 5.69 Å². The van der Waals surface area contributed by atoms with Crippen molar-refractivity contribution >= 4 is 27.6 Å². The Hall–Kier alpha value is -3.12. The van der Waals surface area contributed by atoms with Crippen molar-refractivity contribution in [3.05, 3.63) is 65.0 Å². The van der Waals surface area contributed by atoms with Gasteiger partial charge in [0, 0.05) is 29.7 Å². The Kier molecular flexibility index (Phi) is 3.90. The van der Waals surface area contributed by atoms with Crippen molar-refractivity contribution in [1.82, 2.24) is 19.9 Å². The molecule has 0 saturated carbocycles. The SMILES string of the molecule is O=c1cc(NC[C@@H]2CCCN2)c2ccccc2n1-c1nc2ccccc2[nH]1. The van der Waals surface area contributed by atoms with Gasteiger partial charge in [-0.1, -0.05) is 30.3 Å². The number of H-pyrrole nitrogens is 1. The summed E-state index contributed by atoms with van der Waals surface area (Å²) in [7, 11) is 0. The standard InChI is InChI=1S/C21H21N5O/c27-20-12-18(23-13-14-6-5-11-22-14)15-7-1-4-10-19(15)26(20)21-24-16-8-2-3-9-17(16)25-21/h1-4,7-10,12,14,22-23H,5-6,11,13H2,(H,24,25)/t14-/m0/s1. The zero-order valence-electron chi connectivity index (χ0n) is 14.9. The second kappa shape index (κ2) is 6.55. The van der Waals surface area contributed by atoms with Crippen LogP contribution in [-0.4, -0.2) is 33.7 Å². The largest absolute Gasteiger partial charge is 0.383 e. The first-order valence-electron chi connectivity index (χ1n) is 9.37. The Morgan fingerprint density at radius 2 is 2.00 bits per heavy atom. The number of pyridine rings is 1. The molecule has 6 heteroatoms. The molecule has 1 saturated heterocycles. The van der Waals surface area contributed by atoms with E-state index in [-0.39, 0.29) is 5.56 Å². The third-order valence-electron chi connectivity index (χ3n) is 5.21. The summed E-state index contributed by atoms with van der Waals surface area (Å²) < 4.78 is 1.65. The molecule has 0 unspecified atom stereocenters. The van der Waals surface area contributed by atoms with Gasteiger partial charge in [0.15, 0.2) is 0 Å².